The van der Waals surface area contributed by atoms with Crippen molar-refractivity contribution in [2.24, 2.45) is 0 Å². The van der Waals surface area contributed by atoms with Crippen LogP contribution in [0.3, 0.4) is 0 Å². The number of halogens is 1. The van der Waals surface area contributed by atoms with Crippen LogP contribution in [0.25, 0.3) is 11.4 Å². The van der Waals surface area contributed by atoms with E-state index in [1.807, 2.05) is 30.3 Å². The van der Waals surface area contributed by atoms with Gasteiger partial charge in [0.05, 0.1) is 17.2 Å². The van der Waals surface area contributed by atoms with Gasteiger partial charge in [0.15, 0.2) is 5.82 Å². The molecule has 0 unspecified atom stereocenters. The van der Waals surface area contributed by atoms with E-state index in [4.69, 9.17) is 16.3 Å². The molecule has 0 radical (unpaired) electrons. The largest absolute Gasteiger partial charge is 0.361 e. The van der Waals surface area contributed by atoms with Crippen LogP contribution in [0.5, 0.6) is 0 Å². The molecule has 0 atom stereocenters. The Bertz CT molecular complexity index is 1160. The maximum atomic E-state index is 12.8. The SMILES string of the molecule is O=S(=O)(c1cccc(Cl)c1)N1CC2(C1)OCc1nc(-c3ccccc3)ncc12. The first-order valence-electron chi connectivity index (χ1n) is 8.79. The molecule has 0 aliphatic carbocycles. The maximum absolute atomic E-state index is 12.8. The summed E-state index contributed by atoms with van der Waals surface area (Å²) in [5.41, 5.74) is 1.94. The highest BCUT2D eigenvalue weighted by Crippen LogP contribution is 2.44. The van der Waals surface area contributed by atoms with Crippen molar-refractivity contribution in [3.05, 3.63) is 77.1 Å². The minimum absolute atomic E-state index is 0.184. The van der Waals surface area contributed by atoms with Gasteiger partial charge in [-0.3, -0.25) is 0 Å². The predicted octanol–water partition coefficient (Wildman–Crippen LogP) is 3.23. The zero-order valence-electron chi connectivity index (χ0n) is 14.7. The van der Waals surface area contributed by atoms with Crippen LogP contribution in [0.2, 0.25) is 5.02 Å². The second-order valence-electron chi connectivity index (χ2n) is 6.93. The normalized spacial score (nSPS) is 18.0. The standard InChI is InChI=1S/C20H16ClN3O3S/c21-15-7-4-8-16(9-15)28(25,26)24-12-20(13-24)17-10-22-19(23-18(17)11-27-20)14-5-2-1-3-6-14/h1-10H,11-13H2. The summed E-state index contributed by atoms with van der Waals surface area (Å²) < 4.78 is 33.1. The summed E-state index contributed by atoms with van der Waals surface area (Å²) in [4.78, 5) is 9.30. The summed E-state index contributed by atoms with van der Waals surface area (Å²) in [7, 11) is -3.61. The molecular weight excluding hydrogens is 398 g/mol. The van der Waals surface area contributed by atoms with Crippen molar-refractivity contribution in [1.29, 1.82) is 0 Å². The van der Waals surface area contributed by atoms with Crippen LogP contribution in [0, 0.1) is 0 Å². The van der Waals surface area contributed by atoms with E-state index < -0.39 is 15.6 Å². The fraction of sp³-hybridized carbons (Fsp3) is 0.200. The molecule has 142 valence electrons. The van der Waals surface area contributed by atoms with Crippen molar-refractivity contribution in [3.63, 3.8) is 0 Å². The Kier molecular flexibility index (Phi) is 4.03. The third-order valence-corrected chi connectivity index (χ3v) is 7.20. The highest BCUT2D eigenvalue weighted by Gasteiger charge is 2.54. The highest BCUT2D eigenvalue weighted by molar-refractivity contribution is 7.89. The summed E-state index contributed by atoms with van der Waals surface area (Å²) in [5, 5.41) is 0.389. The predicted molar refractivity (Wildman–Crippen MR) is 104 cm³/mol. The molecule has 1 fully saturated rings. The highest BCUT2D eigenvalue weighted by atomic mass is 35.5. The summed E-state index contributed by atoms with van der Waals surface area (Å²) in [6.07, 6.45) is 1.76. The van der Waals surface area contributed by atoms with E-state index in [2.05, 4.69) is 9.97 Å². The molecule has 6 nitrogen and oxygen atoms in total. The van der Waals surface area contributed by atoms with Crippen molar-refractivity contribution in [3.8, 4) is 11.4 Å². The third-order valence-electron chi connectivity index (χ3n) is 5.17. The second kappa shape index (κ2) is 6.35. The third kappa shape index (κ3) is 2.74. The van der Waals surface area contributed by atoms with Gasteiger partial charge in [-0.15, -0.1) is 0 Å². The average Bonchev–Trinajstić information content (AvgIpc) is 3.06. The topological polar surface area (TPSA) is 72.4 Å². The molecule has 0 bridgehead atoms. The fourth-order valence-corrected chi connectivity index (χ4v) is 5.49. The van der Waals surface area contributed by atoms with Crippen molar-refractivity contribution < 1.29 is 13.2 Å². The van der Waals surface area contributed by atoms with Gasteiger partial charge in [-0.1, -0.05) is 48.0 Å². The Labute approximate surface area is 167 Å². The van der Waals surface area contributed by atoms with Crippen molar-refractivity contribution in [2.75, 3.05) is 13.1 Å². The second-order valence-corrected chi connectivity index (χ2v) is 9.31. The first kappa shape index (κ1) is 17.8. The van der Waals surface area contributed by atoms with E-state index in [-0.39, 0.29) is 18.0 Å². The molecule has 28 heavy (non-hydrogen) atoms. The van der Waals surface area contributed by atoms with Crippen LogP contribution in [0.1, 0.15) is 11.3 Å². The minimum atomic E-state index is -3.61. The Morgan fingerprint density at radius 2 is 1.86 bits per heavy atom. The zero-order valence-corrected chi connectivity index (χ0v) is 16.3. The van der Waals surface area contributed by atoms with Gasteiger partial charge in [-0.05, 0) is 18.2 Å². The summed E-state index contributed by atoms with van der Waals surface area (Å²) in [5.74, 6) is 0.641. The molecule has 1 aromatic heterocycles. The number of nitrogens with zero attached hydrogens (tertiary/aromatic N) is 3. The lowest BCUT2D eigenvalue weighted by Crippen LogP contribution is -2.61. The van der Waals surface area contributed by atoms with E-state index in [0.29, 0.717) is 17.5 Å². The lowest BCUT2D eigenvalue weighted by atomic mass is 9.90. The number of benzene rings is 2. The fourth-order valence-electron chi connectivity index (χ4n) is 3.65. The van der Waals surface area contributed by atoms with Crippen LogP contribution in [0.4, 0.5) is 0 Å². The number of fused-ring (bicyclic) bond motifs is 2. The summed E-state index contributed by atoms with van der Waals surface area (Å²) in [6.45, 7) is 0.828. The first-order valence-corrected chi connectivity index (χ1v) is 10.6. The molecule has 2 aromatic carbocycles. The van der Waals surface area contributed by atoms with Crippen LogP contribution in [0.15, 0.2) is 65.7 Å². The number of hydrogen-bond acceptors (Lipinski definition) is 5. The van der Waals surface area contributed by atoms with Gasteiger partial charge >= 0.3 is 0 Å². The van der Waals surface area contributed by atoms with Gasteiger partial charge in [0, 0.05) is 35.4 Å². The number of rotatable bonds is 3. The lowest BCUT2D eigenvalue weighted by molar-refractivity contribution is -0.112. The van der Waals surface area contributed by atoms with Gasteiger partial charge in [0.1, 0.15) is 5.60 Å². The minimum Gasteiger partial charge on any atom is -0.361 e. The van der Waals surface area contributed by atoms with Crippen LogP contribution >= 0.6 is 11.6 Å². The van der Waals surface area contributed by atoms with E-state index in [1.54, 1.807) is 24.4 Å². The Morgan fingerprint density at radius 3 is 2.61 bits per heavy atom. The molecule has 2 aliphatic heterocycles. The Balaban J connectivity index is 1.41. The van der Waals surface area contributed by atoms with Gasteiger partial charge in [0.25, 0.3) is 0 Å². The number of ether oxygens (including phenoxy) is 1. The van der Waals surface area contributed by atoms with Crippen molar-refractivity contribution in [1.82, 2.24) is 14.3 Å². The molecular formula is C20H16ClN3O3S. The lowest BCUT2D eigenvalue weighted by Gasteiger charge is -2.46. The summed E-state index contributed by atoms with van der Waals surface area (Å²) in [6, 6.07) is 16.0. The molecule has 1 spiro atoms. The molecule has 8 heteroatoms. The molecule has 0 saturated carbocycles. The monoisotopic (exact) mass is 413 g/mol. The van der Waals surface area contributed by atoms with Crippen LogP contribution < -0.4 is 0 Å². The molecule has 2 aliphatic rings. The van der Waals surface area contributed by atoms with Crippen LogP contribution in [-0.2, 0) is 27.0 Å². The van der Waals surface area contributed by atoms with Crippen molar-refractivity contribution in [2.45, 2.75) is 17.1 Å². The van der Waals surface area contributed by atoms with E-state index in [9.17, 15) is 8.42 Å². The molecule has 0 N–H and O–H groups in total. The molecule has 3 heterocycles. The quantitative estimate of drug-likeness (QED) is 0.659. The van der Waals surface area contributed by atoms with Crippen molar-refractivity contribution >= 4 is 21.6 Å². The number of sulfonamides is 1. The van der Waals surface area contributed by atoms with E-state index >= 15 is 0 Å². The Morgan fingerprint density at radius 1 is 1.07 bits per heavy atom. The molecule has 0 amide bonds. The van der Waals surface area contributed by atoms with E-state index in [0.717, 1.165) is 16.8 Å². The average molecular weight is 414 g/mol. The van der Waals surface area contributed by atoms with Gasteiger partial charge in [-0.2, -0.15) is 4.31 Å². The number of aromatic nitrogens is 2. The van der Waals surface area contributed by atoms with Gasteiger partial charge in [-0.25, -0.2) is 18.4 Å². The maximum Gasteiger partial charge on any atom is 0.243 e. The molecule has 5 rings (SSSR count). The molecule has 3 aromatic rings. The van der Waals surface area contributed by atoms with E-state index in [1.165, 1.54) is 10.4 Å². The smallest absolute Gasteiger partial charge is 0.243 e. The van der Waals surface area contributed by atoms with Crippen LogP contribution in [-0.4, -0.2) is 35.8 Å². The van der Waals surface area contributed by atoms with Gasteiger partial charge < -0.3 is 4.74 Å². The summed E-state index contributed by atoms with van der Waals surface area (Å²) >= 11 is 5.95. The Hall–Kier alpha value is -2.32. The molecule has 1 saturated heterocycles. The number of hydrogen-bond donors (Lipinski definition) is 0. The first-order chi connectivity index (χ1) is 13.5. The van der Waals surface area contributed by atoms with Gasteiger partial charge in [0.2, 0.25) is 10.0 Å². The zero-order chi connectivity index (χ0) is 19.4.